The molecule has 11 heavy (non-hydrogen) atoms. The van der Waals surface area contributed by atoms with Gasteiger partial charge >= 0.3 is 0 Å². The molecule has 0 fully saturated rings. The summed E-state index contributed by atoms with van der Waals surface area (Å²) in [4.78, 5) is 0. The molecule has 0 amide bonds. The van der Waals surface area contributed by atoms with Gasteiger partial charge in [0.15, 0.2) is 0 Å². The van der Waals surface area contributed by atoms with E-state index in [1.165, 1.54) is 0 Å². The van der Waals surface area contributed by atoms with Crippen LogP contribution < -0.4 is 0 Å². The first kappa shape index (κ1) is 8.54. The van der Waals surface area contributed by atoms with E-state index in [9.17, 15) is 5.11 Å². The van der Waals surface area contributed by atoms with Gasteiger partial charge in [-0.05, 0) is 18.8 Å². The van der Waals surface area contributed by atoms with Crippen LogP contribution in [0, 0.1) is 5.92 Å². The Labute approximate surface area is 68.4 Å². The van der Waals surface area contributed by atoms with Gasteiger partial charge in [-0.15, -0.1) is 0 Å². The van der Waals surface area contributed by atoms with Crippen LogP contribution in [0.3, 0.4) is 0 Å². The summed E-state index contributed by atoms with van der Waals surface area (Å²) >= 11 is 0. The summed E-state index contributed by atoms with van der Waals surface area (Å²) in [7, 11) is 0. The predicted molar refractivity (Wildman–Crippen MR) is 47.3 cm³/mol. The smallest absolute Gasteiger partial charge is 0.0856 e. The highest BCUT2D eigenvalue weighted by molar-refractivity contribution is 5.23. The van der Waals surface area contributed by atoms with E-state index in [1.54, 1.807) is 0 Å². The number of aliphatic hydroxyl groups is 1. The molecule has 1 heteroatoms. The van der Waals surface area contributed by atoms with Crippen molar-refractivity contribution < 1.29 is 5.11 Å². The van der Waals surface area contributed by atoms with Crippen LogP contribution in [-0.4, -0.2) is 10.7 Å². The van der Waals surface area contributed by atoms with Gasteiger partial charge in [-0.25, -0.2) is 0 Å². The molecule has 0 radical (unpaired) electrons. The van der Waals surface area contributed by atoms with Crippen molar-refractivity contribution in [3.05, 3.63) is 24.3 Å². The molecule has 0 unspecified atom stereocenters. The normalized spacial score (nSPS) is 31.5. The largest absolute Gasteiger partial charge is 0.386 e. The first-order valence-corrected chi connectivity index (χ1v) is 4.14. The molecular weight excluding hydrogens is 136 g/mol. The zero-order chi connectivity index (χ0) is 8.48. The van der Waals surface area contributed by atoms with Gasteiger partial charge in [-0.2, -0.15) is 0 Å². The third-order valence-electron chi connectivity index (χ3n) is 2.45. The lowest BCUT2D eigenvalue weighted by Crippen LogP contribution is -2.34. The van der Waals surface area contributed by atoms with Crippen molar-refractivity contribution in [1.29, 1.82) is 0 Å². The van der Waals surface area contributed by atoms with E-state index in [4.69, 9.17) is 0 Å². The zero-order valence-electron chi connectivity index (χ0n) is 7.30. The Hall–Kier alpha value is -0.560. The first-order chi connectivity index (χ1) is 5.04. The molecule has 0 heterocycles. The molecule has 0 aromatic heterocycles. The fourth-order valence-corrected chi connectivity index (χ4v) is 1.27. The molecule has 1 nitrogen and oxygen atoms in total. The number of hydrogen-bond acceptors (Lipinski definition) is 1. The standard InChI is InChI=1S/C10H16O/c1-8(2)10(11)6-4-9(3)5-7-10/h4,6,8,11H,3,5,7H2,1-2H3/t10-/m1/s1. The molecule has 0 saturated heterocycles. The fraction of sp³-hybridized carbons (Fsp3) is 0.600. The van der Waals surface area contributed by atoms with E-state index in [2.05, 4.69) is 6.58 Å². The van der Waals surface area contributed by atoms with Crippen molar-refractivity contribution >= 4 is 0 Å². The predicted octanol–water partition coefficient (Wildman–Crippen LogP) is 2.28. The molecular formula is C10H16O. The highest BCUT2D eigenvalue weighted by atomic mass is 16.3. The van der Waals surface area contributed by atoms with Crippen molar-refractivity contribution in [2.24, 2.45) is 5.92 Å². The SMILES string of the molecule is C=C1C=C[C@](O)(C(C)C)CC1. The van der Waals surface area contributed by atoms with Crippen LogP contribution in [0.1, 0.15) is 26.7 Å². The van der Waals surface area contributed by atoms with E-state index in [-0.39, 0.29) is 0 Å². The first-order valence-electron chi connectivity index (χ1n) is 4.14. The lowest BCUT2D eigenvalue weighted by molar-refractivity contribution is 0.0326. The Morgan fingerprint density at radius 1 is 1.64 bits per heavy atom. The average Bonchev–Trinajstić information content (AvgIpc) is 1.95. The van der Waals surface area contributed by atoms with Gasteiger partial charge < -0.3 is 5.11 Å². The van der Waals surface area contributed by atoms with E-state index in [1.807, 2.05) is 26.0 Å². The second-order valence-corrected chi connectivity index (χ2v) is 3.64. The Morgan fingerprint density at radius 2 is 2.27 bits per heavy atom. The molecule has 0 bridgehead atoms. The van der Waals surface area contributed by atoms with E-state index in [0.717, 1.165) is 18.4 Å². The third kappa shape index (κ3) is 1.72. The minimum absolute atomic E-state index is 0.298. The van der Waals surface area contributed by atoms with Crippen LogP contribution in [0.4, 0.5) is 0 Å². The summed E-state index contributed by atoms with van der Waals surface area (Å²) in [6.07, 6.45) is 5.55. The van der Waals surface area contributed by atoms with Gasteiger partial charge in [0.2, 0.25) is 0 Å². The Balaban J connectivity index is 2.75. The van der Waals surface area contributed by atoms with Gasteiger partial charge in [0.25, 0.3) is 0 Å². The molecule has 1 atom stereocenters. The van der Waals surface area contributed by atoms with Gasteiger partial charge in [-0.1, -0.05) is 38.2 Å². The summed E-state index contributed by atoms with van der Waals surface area (Å²) in [5, 5.41) is 9.94. The fourth-order valence-electron chi connectivity index (χ4n) is 1.27. The molecule has 1 aliphatic rings. The molecule has 62 valence electrons. The van der Waals surface area contributed by atoms with Gasteiger partial charge in [0, 0.05) is 0 Å². The average molecular weight is 152 g/mol. The number of allylic oxidation sites excluding steroid dienone is 2. The van der Waals surface area contributed by atoms with Crippen molar-refractivity contribution in [2.75, 3.05) is 0 Å². The molecule has 1 rings (SSSR count). The molecule has 0 saturated carbocycles. The second-order valence-electron chi connectivity index (χ2n) is 3.64. The van der Waals surface area contributed by atoms with Crippen LogP contribution in [-0.2, 0) is 0 Å². The van der Waals surface area contributed by atoms with Crippen molar-refractivity contribution in [1.82, 2.24) is 0 Å². The second kappa shape index (κ2) is 2.82. The van der Waals surface area contributed by atoms with E-state index >= 15 is 0 Å². The maximum absolute atomic E-state index is 9.94. The highest BCUT2D eigenvalue weighted by Gasteiger charge is 2.29. The van der Waals surface area contributed by atoms with Crippen LogP contribution in [0.5, 0.6) is 0 Å². The quantitative estimate of drug-likeness (QED) is 0.611. The molecule has 0 aromatic rings. The lowest BCUT2D eigenvalue weighted by Gasteiger charge is -2.31. The molecule has 0 aliphatic heterocycles. The zero-order valence-corrected chi connectivity index (χ0v) is 7.30. The maximum atomic E-state index is 9.94. The third-order valence-corrected chi connectivity index (χ3v) is 2.45. The molecule has 1 aliphatic carbocycles. The van der Waals surface area contributed by atoms with Crippen LogP contribution in [0.15, 0.2) is 24.3 Å². The van der Waals surface area contributed by atoms with Crippen LogP contribution in [0.25, 0.3) is 0 Å². The minimum atomic E-state index is -0.582. The van der Waals surface area contributed by atoms with Crippen LogP contribution in [0.2, 0.25) is 0 Å². The topological polar surface area (TPSA) is 20.2 Å². The van der Waals surface area contributed by atoms with Crippen LogP contribution >= 0.6 is 0 Å². The summed E-state index contributed by atoms with van der Waals surface area (Å²) in [6.45, 7) is 7.92. The summed E-state index contributed by atoms with van der Waals surface area (Å²) < 4.78 is 0. The Kier molecular flexibility index (Phi) is 2.19. The van der Waals surface area contributed by atoms with E-state index < -0.39 is 5.60 Å². The summed E-state index contributed by atoms with van der Waals surface area (Å²) in [5.41, 5.74) is 0.539. The summed E-state index contributed by atoms with van der Waals surface area (Å²) in [5.74, 6) is 0.298. The molecule has 0 aromatic carbocycles. The van der Waals surface area contributed by atoms with Gasteiger partial charge in [-0.3, -0.25) is 0 Å². The number of hydrogen-bond donors (Lipinski definition) is 1. The molecule has 0 spiro atoms. The summed E-state index contributed by atoms with van der Waals surface area (Å²) in [6, 6.07) is 0. The van der Waals surface area contributed by atoms with E-state index in [0.29, 0.717) is 5.92 Å². The highest BCUT2D eigenvalue weighted by Crippen LogP contribution is 2.30. The lowest BCUT2D eigenvalue weighted by atomic mass is 9.81. The van der Waals surface area contributed by atoms with Crippen molar-refractivity contribution in [3.8, 4) is 0 Å². The van der Waals surface area contributed by atoms with Gasteiger partial charge in [0.05, 0.1) is 5.60 Å². The number of rotatable bonds is 1. The minimum Gasteiger partial charge on any atom is -0.386 e. The monoisotopic (exact) mass is 152 g/mol. The van der Waals surface area contributed by atoms with Gasteiger partial charge in [0.1, 0.15) is 0 Å². The van der Waals surface area contributed by atoms with Crippen molar-refractivity contribution in [2.45, 2.75) is 32.3 Å². The maximum Gasteiger partial charge on any atom is 0.0856 e. The van der Waals surface area contributed by atoms with Crippen molar-refractivity contribution in [3.63, 3.8) is 0 Å². The Morgan fingerprint density at radius 3 is 2.64 bits per heavy atom. The Bertz CT molecular complexity index is 191. The molecule has 1 N–H and O–H groups in total.